The highest BCUT2D eigenvalue weighted by atomic mass is 32.1. The molecule has 0 saturated heterocycles. The van der Waals surface area contributed by atoms with Crippen molar-refractivity contribution in [2.24, 2.45) is 0 Å². The van der Waals surface area contributed by atoms with Crippen LogP contribution in [0.2, 0.25) is 0 Å². The Bertz CT molecular complexity index is 269. The molecule has 3 heteroatoms. The summed E-state index contributed by atoms with van der Waals surface area (Å²) in [5.74, 6) is 0. The Morgan fingerprint density at radius 2 is 2.40 bits per heavy atom. The van der Waals surface area contributed by atoms with Crippen molar-refractivity contribution in [3.8, 4) is 0 Å². The highest BCUT2D eigenvalue weighted by Gasteiger charge is 2.09. The van der Waals surface area contributed by atoms with Crippen molar-refractivity contribution < 1.29 is 0 Å². The standard InChI is InChI=1S/C12H20N2S/c1-4-5-6-7-10(2)14-11(3)12-8-13-9-15-12/h4,8-11,14H,1,5-7H2,2-3H3. The monoisotopic (exact) mass is 224 g/mol. The van der Waals surface area contributed by atoms with Gasteiger partial charge in [-0.3, -0.25) is 4.98 Å². The van der Waals surface area contributed by atoms with Crippen LogP contribution in [0.15, 0.2) is 24.4 Å². The van der Waals surface area contributed by atoms with E-state index in [1.807, 2.05) is 17.8 Å². The van der Waals surface area contributed by atoms with Crippen molar-refractivity contribution >= 4 is 11.3 Å². The number of hydrogen-bond donors (Lipinski definition) is 1. The fourth-order valence-electron chi connectivity index (χ4n) is 1.60. The Morgan fingerprint density at radius 1 is 1.60 bits per heavy atom. The summed E-state index contributed by atoms with van der Waals surface area (Å²) in [6.07, 6.45) is 7.46. The maximum atomic E-state index is 4.09. The maximum Gasteiger partial charge on any atom is 0.0794 e. The van der Waals surface area contributed by atoms with Gasteiger partial charge < -0.3 is 5.32 Å². The van der Waals surface area contributed by atoms with Crippen LogP contribution in [0.25, 0.3) is 0 Å². The molecule has 1 aromatic rings. The van der Waals surface area contributed by atoms with Gasteiger partial charge in [0.15, 0.2) is 0 Å². The van der Waals surface area contributed by atoms with Crippen LogP contribution >= 0.6 is 11.3 Å². The van der Waals surface area contributed by atoms with E-state index in [1.165, 1.54) is 17.7 Å². The molecule has 0 spiro atoms. The zero-order chi connectivity index (χ0) is 11.1. The zero-order valence-corrected chi connectivity index (χ0v) is 10.4. The molecular formula is C12H20N2S. The van der Waals surface area contributed by atoms with Crippen molar-refractivity contribution in [2.75, 3.05) is 0 Å². The number of aromatic nitrogens is 1. The molecule has 0 saturated carbocycles. The second kappa shape index (κ2) is 6.75. The smallest absolute Gasteiger partial charge is 0.0794 e. The summed E-state index contributed by atoms with van der Waals surface area (Å²) in [5, 5.41) is 3.58. The number of thiazole rings is 1. The highest BCUT2D eigenvalue weighted by molar-refractivity contribution is 7.09. The van der Waals surface area contributed by atoms with Crippen LogP contribution in [-0.2, 0) is 0 Å². The van der Waals surface area contributed by atoms with Gasteiger partial charge >= 0.3 is 0 Å². The van der Waals surface area contributed by atoms with Crippen molar-refractivity contribution in [1.29, 1.82) is 0 Å². The SMILES string of the molecule is C=CCCCC(C)NC(C)c1cncs1. The number of nitrogens with zero attached hydrogens (tertiary/aromatic N) is 1. The van der Waals surface area contributed by atoms with Gasteiger partial charge in [-0.05, 0) is 33.1 Å². The lowest BCUT2D eigenvalue weighted by Gasteiger charge is -2.18. The molecule has 0 fully saturated rings. The molecule has 1 heterocycles. The van der Waals surface area contributed by atoms with E-state index in [1.54, 1.807) is 11.3 Å². The molecule has 0 aliphatic rings. The predicted octanol–water partition coefficient (Wildman–Crippen LogP) is 3.54. The van der Waals surface area contributed by atoms with Gasteiger partial charge in [0, 0.05) is 23.2 Å². The average molecular weight is 224 g/mol. The number of rotatable bonds is 7. The minimum absolute atomic E-state index is 0.413. The van der Waals surface area contributed by atoms with Crippen molar-refractivity contribution in [1.82, 2.24) is 10.3 Å². The predicted molar refractivity (Wildman–Crippen MR) is 67.2 cm³/mol. The number of allylic oxidation sites excluding steroid dienone is 1. The van der Waals surface area contributed by atoms with Crippen molar-refractivity contribution in [3.05, 3.63) is 29.2 Å². The number of nitrogens with one attached hydrogen (secondary N) is 1. The van der Waals surface area contributed by atoms with E-state index in [4.69, 9.17) is 0 Å². The minimum atomic E-state index is 0.413. The molecule has 0 aliphatic heterocycles. The fraction of sp³-hybridized carbons (Fsp3) is 0.583. The molecule has 2 nitrogen and oxygen atoms in total. The first kappa shape index (κ1) is 12.4. The van der Waals surface area contributed by atoms with E-state index < -0.39 is 0 Å². The molecule has 2 atom stereocenters. The van der Waals surface area contributed by atoms with E-state index in [2.05, 4.69) is 30.7 Å². The molecule has 0 radical (unpaired) electrons. The van der Waals surface area contributed by atoms with Crippen LogP contribution in [0.1, 0.15) is 44.0 Å². The maximum absolute atomic E-state index is 4.09. The van der Waals surface area contributed by atoms with Gasteiger partial charge in [0.2, 0.25) is 0 Å². The van der Waals surface area contributed by atoms with Crippen LogP contribution in [0.4, 0.5) is 0 Å². The normalized spacial score (nSPS) is 14.8. The Morgan fingerprint density at radius 3 is 3.00 bits per heavy atom. The van der Waals surface area contributed by atoms with Gasteiger partial charge in [-0.2, -0.15) is 0 Å². The van der Waals surface area contributed by atoms with Gasteiger partial charge in [-0.1, -0.05) is 6.08 Å². The molecular weight excluding hydrogens is 204 g/mol. The summed E-state index contributed by atoms with van der Waals surface area (Å²) < 4.78 is 0. The van der Waals surface area contributed by atoms with Gasteiger partial charge in [0.1, 0.15) is 0 Å². The molecule has 0 aliphatic carbocycles. The number of hydrogen-bond acceptors (Lipinski definition) is 3. The van der Waals surface area contributed by atoms with E-state index in [0.717, 1.165) is 6.42 Å². The second-order valence-electron chi connectivity index (χ2n) is 3.91. The van der Waals surface area contributed by atoms with Gasteiger partial charge in [-0.25, -0.2) is 0 Å². The summed E-state index contributed by atoms with van der Waals surface area (Å²) in [6, 6.07) is 0.971. The van der Waals surface area contributed by atoms with Gasteiger partial charge in [0.25, 0.3) is 0 Å². The molecule has 1 N–H and O–H groups in total. The quantitative estimate of drug-likeness (QED) is 0.566. The molecule has 1 rings (SSSR count). The first-order valence-corrected chi connectivity index (χ1v) is 6.37. The zero-order valence-electron chi connectivity index (χ0n) is 9.57. The van der Waals surface area contributed by atoms with Crippen LogP contribution in [0.3, 0.4) is 0 Å². The van der Waals surface area contributed by atoms with Gasteiger partial charge in [0.05, 0.1) is 5.51 Å². The largest absolute Gasteiger partial charge is 0.307 e. The summed E-state index contributed by atoms with van der Waals surface area (Å²) in [6.45, 7) is 8.16. The number of unbranched alkanes of at least 4 members (excludes halogenated alkanes) is 1. The third-order valence-electron chi connectivity index (χ3n) is 2.46. The molecule has 84 valence electrons. The first-order chi connectivity index (χ1) is 7.24. The van der Waals surface area contributed by atoms with E-state index in [9.17, 15) is 0 Å². The Hall–Kier alpha value is -0.670. The summed E-state index contributed by atoms with van der Waals surface area (Å²) >= 11 is 1.71. The van der Waals surface area contributed by atoms with Gasteiger partial charge in [-0.15, -0.1) is 17.9 Å². The van der Waals surface area contributed by atoms with E-state index in [-0.39, 0.29) is 0 Å². The molecule has 0 aromatic carbocycles. The molecule has 15 heavy (non-hydrogen) atoms. The third-order valence-corrected chi connectivity index (χ3v) is 3.42. The lowest BCUT2D eigenvalue weighted by atomic mass is 10.1. The molecule has 1 aromatic heterocycles. The van der Waals surface area contributed by atoms with Crippen LogP contribution in [-0.4, -0.2) is 11.0 Å². The highest BCUT2D eigenvalue weighted by Crippen LogP contribution is 2.17. The average Bonchev–Trinajstić information content (AvgIpc) is 2.70. The minimum Gasteiger partial charge on any atom is -0.307 e. The molecule has 0 amide bonds. The van der Waals surface area contributed by atoms with Crippen molar-refractivity contribution in [3.63, 3.8) is 0 Å². The summed E-state index contributed by atoms with van der Waals surface area (Å²) in [4.78, 5) is 5.40. The van der Waals surface area contributed by atoms with Crippen LogP contribution in [0, 0.1) is 0 Å². The van der Waals surface area contributed by atoms with E-state index in [0.29, 0.717) is 12.1 Å². The third kappa shape index (κ3) is 4.58. The van der Waals surface area contributed by atoms with Crippen LogP contribution in [0.5, 0.6) is 0 Å². The van der Waals surface area contributed by atoms with E-state index >= 15 is 0 Å². The Labute approximate surface area is 96.4 Å². The summed E-state index contributed by atoms with van der Waals surface area (Å²) in [5.41, 5.74) is 1.88. The lowest BCUT2D eigenvalue weighted by Crippen LogP contribution is -2.28. The lowest BCUT2D eigenvalue weighted by molar-refractivity contribution is 0.451. The van der Waals surface area contributed by atoms with Crippen molar-refractivity contribution in [2.45, 2.75) is 45.2 Å². The fourth-order valence-corrected chi connectivity index (χ4v) is 2.24. The second-order valence-corrected chi connectivity index (χ2v) is 4.83. The Kier molecular flexibility index (Phi) is 5.58. The summed E-state index contributed by atoms with van der Waals surface area (Å²) in [7, 11) is 0. The molecule has 0 bridgehead atoms. The van der Waals surface area contributed by atoms with Crippen LogP contribution < -0.4 is 5.32 Å². The topological polar surface area (TPSA) is 24.9 Å². The molecule has 2 unspecified atom stereocenters. The Balaban J connectivity index is 2.25. The first-order valence-electron chi connectivity index (χ1n) is 5.49.